The normalized spacial score (nSPS) is 49.2. The third-order valence-electron chi connectivity index (χ3n) is 2.29. The number of aliphatic hydroxyl groups excluding tert-OH is 2. The summed E-state index contributed by atoms with van der Waals surface area (Å²) in [5, 5.41) is 18.4. The van der Waals surface area contributed by atoms with Crippen LogP contribution in [-0.2, 0) is 19.0 Å². The molecule has 0 aromatic heterocycles. The highest BCUT2D eigenvalue weighted by atomic mass is 16.7. The molecule has 0 saturated carbocycles. The summed E-state index contributed by atoms with van der Waals surface area (Å²) >= 11 is 0. The van der Waals surface area contributed by atoms with E-state index in [2.05, 4.69) is 0 Å². The lowest BCUT2D eigenvalue weighted by Crippen LogP contribution is -2.33. The Labute approximate surface area is 74.0 Å². The largest absolute Gasteiger partial charge is 0.454 e. The van der Waals surface area contributed by atoms with Gasteiger partial charge in [0.05, 0.1) is 0 Å². The predicted octanol–water partition coefficient (Wildman–Crippen LogP) is -2.00. The topological polar surface area (TPSA) is 85.2 Å². The van der Waals surface area contributed by atoms with Crippen LogP contribution in [0.15, 0.2) is 0 Å². The Balaban J connectivity index is 2.17. The van der Waals surface area contributed by atoms with E-state index in [0.29, 0.717) is 0 Å². The fourth-order valence-electron chi connectivity index (χ4n) is 1.62. The van der Waals surface area contributed by atoms with Crippen LogP contribution in [0.1, 0.15) is 0 Å². The molecule has 0 radical (unpaired) electrons. The summed E-state index contributed by atoms with van der Waals surface area (Å²) in [4.78, 5) is 11.1. The third-order valence-corrected chi connectivity index (χ3v) is 2.29. The molecule has 0 aromatic rings. The van der Waals surface area contributed by atoms with Gasteiger partial charge in [0.2, 0.25) is 0 Å². The quantitative estimate of drug-likeness (QED) is 0.465. The van der Waals surface area contributed by atoms with Crippen molar-refractivity contribution in [2.75, 3.05) is 7.11 Å². The number of carbonyl (C=O) groups is 1. The zero-order valence-corrected chi connectivity index (χ0v) is 6.91. The highest BCUT2D eigenvalue weighted by Gasteiger charge is 2.56. The molecule has 2 unspecified atom stereocenters. The highest BCUT2D eigenvalue weighted by molar-refractivity contribution is 5.78. The Morgan fingerprint density at radius 3 is 2.69 bits per heavy atom. The Kier molecular flexibility index (Phi) is 1.99. The Bertz CT molecular complexity index is 229. The number of aliphatic hydroxyl groups is 2. The minimum Gasteiger partial charge on any atom is -0.454 e. The maximum Gasteiger partial charge on any atom is 0.338 e. The average molecular weight is 190 g/mol. The molecule has 6 nitrogen and oxygen atoms in total. The van der Waals surface area contributed by atoms with Crippen molar-refractivity contribution in [2.24, 2.45) is 0 Å². The van der Waals surface area contributed by atoms with Gasteiger partial charge in [0, 0.05) is 7.11 Å². The summed E-state index contributed by atoms with van der Waals surface area (Å²) in [7, 11) is 1.34. The summed E-state index contributed by atoms with van der Waals surface area (Å²) < 4.78 is 14.5. The van der Waals surface area contributed by atoms with Gasteiger partial charge in [-0.25, -0.2) is 4.79 Å². The zero-order valence-electron chi connectivity index (χ0n) is 6.91. The van der Waals surface area contributed by atoms with E-state index in [4.69, 9.17) is 19.3 Å². The molecule has 2 saturated heterocycles. The van der Waals surface area contributed by atoms with E-state index in [0.717, 1.165) is 0 Å². The number of esters is 1. The first-order chi connectivity index (χ1) is 6.15. The molecule has 13 heavy (non-hydrogen) atoms. The molecule has 74 valence electrons. The molecule has 2 aliphatic heterocycles. The summed E-state index contributed by atoms with van der Waals surface area (Å²) in [6, 6.07) is 0. The summed E-state index contributed by atoms with van der Waals surface area (Å²) in [5.74, 6) is -0.566. The zero-order chi connectivity index (χ0) is 9.59. The molecule has 2 heterocycles. The minimum atomic E-state index is -1.30. The van der Waals surface area contributed by atoms with Crippen LogP contribution < -0.4 is 0 Å². The van der Waals surface area contributed by atoms with Crippen molar-refractivity contribution in [1.82, 2.24) is 0 Å². The molecular formula is C7H10O6. The Morgan fingerprint density at radius 2 is 2.08 bits per heavy atom. The van der Waals surface area contributed by atoms with Crippen LogP contribution in [0.4, 0.5) is 0 Å². The van der Waals surface area contributed by atoms with Gasteiger partial charge >= 0.3 is 5.97 Å². The van der Waals surface area contributed by atoms with Crippen molar-refractivity contribution in [3.63, 3.8) is 0 Å². The van der Waals surface area contributed by atoms with Crippen LogP contribution in [0.25, 0.3) is 0 Å². The molecular weight excluding hydrogens is 180 g/mol. The van der Waals surface area contributed by atoms with Gasteiger partial charge in [-0.15, -0.1) is 0 Å². The monoisotopic (exact) mass is 190 g/mol. The second-order valence-electron chi connectivity index (χ2n) is 3.04. The Morgan fingerprint density at radius 1 is 1.38 bits per heavy atom. The molecule has 2 aliphatic rings. The van der Waals surface area contributed by atoms with Crippen LogP contribution in [0.5, 0.6) is 0 Å². The number of fused-ring (bicyclic) bond motifs is 1. The SMILES string of the molecule is COC1C(=O)O[C@H]2[C@@H]1OC(O)[C@@H]2O. The van der Waals surface area contributed by atoms with Crippen molar-refractivity contribution in [3.8, 4) is 0 Å². The molecule has 6 heteroatoms. The molecule has 2 N–H and O–H groups in total. The molecule has 0 aromatic carbocycles. The number of hydrogen-bond acceptors (Lipinski definition) is 6. The maximum absolute atomic E-state index is 11.1. The van der Waals surface area contributed by atoms with Gasteiger partial charge in [0.1, 0.15) is 12.2 Å². The number of ether oxygens (including phenoxy) is 3. The third kappa shape index (κ3) is 1.14. The van der Waals surface area contributed by atoms with Gasteiger partial charge < -0.3 is 24.4 Å². The van der Waals surface area contributed by atoms with E-state index < -0.39 is 36.7 Å². The minimum absolute atomic E-state index is 0.566. The summed E-state index contributed by atoms with van der Waals surface area (Å²) in [6.07, 6.45) is -4.86. The first kappa shape index (κ1) is 8.89. The van der Waals surface area contributed by atoms with Gasteiger partial charge in [0.15, 0.2) is 18.5 Å². The average Bonchev–Trinajstić information content (AvgIpc) is 2.52. The highest BCUT2D eigenvalue weighted by Crippen LogP contribution is 2.32. The van der Waals surface area contributed by atoms with Crippen LogP contribution in [0.3, 0.4) is 0 Å². The number of methoxy groups -OCH3 is 1. The van der Waals surface area contributed by atoms with Crippen molar-refractivity contribution in [1.29, 1.82) is 0 Å². The van der Waals surface area contributed by atoms with Gasteiger partial charge in [0.25, 0.3) is 0 Å². The molecule has 0 bridgehead atoms. The van der Waals surface area contributed by atoms with E-state index in [1.165, 1.54) is 7.11 Å². The second kappa shape index (κ2) is 2.91. The van der Waals surface area contributed by atoms with Crippen LogP contribution in [0.2, 0.25) is 0 Å². The Hall–Kier alpha value is -0.690. The molecule has 0 spiro atoms. The van der Waals surface area contributed by atoms with E-state index in [-0.39, 0.29) is 0 Å². The second-order valence-corrected chi connectivity index (χ2v) is 3.04. The molecule has 0 amide bonds. The van der Waals surface area contributed by atoms with Gasteiger partial charge in [-0.05, 0) is 0 Å². The first-order valence-corrected chi connectivity index (χ1v) is 3.90. The fraction of sp³-hybridized carbons (Fsp3) is 0.857. The van der Waals surface area contributed by atoms with Crippen molar-refractivity contribution in [2.45, 2.75) is 30.7 Å². The summed E-state index contributed by atoms with van der Waals surface area (Å²) in [6.45, 7) is 0. The lowest BCUT2D eigenvalue weighted by atomic mass is 10.1. The predicted molar refractivity (Wildman–Crippen MR) is 37.6 cm³/mol. The maximum atomic E-state index is 11.1. The fourth-order valence-corrected chi connectivity index (χ4v) is 1.62. The van der Waals surface area contributed by atoms with Gasteiger partial charge in [-0.2, -0.15) is 0 Å². The van der Waals surface area contributed by atoms with Crippen LogP contribution >= 0.6 is 0 Å². The summed E-state index contributed by atoms with van der Waals surface area (Å²) in [5.41, 5.74) is 0. The lowest BCUT2D eigenvalue weighted by molar-refractivity contribution is -0.170. The first-order valence-electron chi connectivity index (χ1n) is 3.90. The van der Waals surface area contributed by atoms with Gasteiger partial charge in [-0.3, -0.25) is 0 Å². The number of hydrogen-bond donors (Lipinski definition) is 2. The smallest absolute Gasteiger partial charge is 0.338 e. The van der Waals surface area contributed by atoms with Crippen molar-refractivity contribution < 1.29 is 29.2 Å². The number of carbonyl (C=O) groups excluding carboxylic acids is 1. The van der Waals surface area contributed by atoms with Crippen LogP contribution in [-0.4, -0.2) is 54.0 Å². The number of rotatable bonds is 1. The van der Waals surface area contributed by atoms with Crippen LogP contribution in [0, 0.1) is 0 Å². The molecule has 2 fully saturated rings. The van der Waals surface area contributed by atoms with Crippen molar-refractivity contribution in [3.05, 3.63) is 0 Å². The molecule has 0 aliphatic carbocycles. The van der Waals surface area contributed by atoms with E-state index in [1.807, 2.05) is 0 Å². The van der Waals surface area contributed by atoms with E-state index in [9.17, 15) is 9.90 Å². The molecule has 2 rings (SSSR count). The van der Waals surface area contributed by atoms with E-state index in [1.54, 1.807) is 0 Å². The lowest BCUT2D eigenvalue weighted by Gasteiger charge is -2.11. The molecule has 5 atom stereocenters. The van der Waals surface area contributed by atoms with Crippen molar-refractivity contribution >= 4 is 5.97 Å². The standard InChI is InChI=1S/C7H10O6/c1-11-5-4-3(12-7(5)10)2(8)6(9)13-4/h2-6,8-9H,1H3/t2-,3-,4+,5?,6?/m1/s1. The van der Waals surface area contributed by atoms with Gasteiger partial charge in [-0.1, -0.05) is 0 Å². The van der Waals surface area contributed by atoms with E-state index >= 15 is 0 Å².